The average molecular weight is 400 g/mol. The highest BCUT2D eigenvalue weighted by Crippen LogP contribution is 2.25. The highest BCUT2D eigenvalue weighted by atomic mass is 32.2. The maximum absolute atomic E-state index is 13.1. The van der Waals surface area contributed by atoms with E-state index in [-0.39, 0.29) is 6.04 Å². The zero-order chi connectivity index (χ0) is 19.6. The van der Waals surface area contributed by atoms with Crippen molar-refractivity contribution in [2.45, 2.75) is 10.9 Å². The molecule has 1 atom stereocenters. The Balaban J connectivity index is 1.61. The number of fused-ring (bicyclic) bond motifs is 1. The van der Waals surface area contributed by atoms with E-state index in [0.717, 1.165) is 29.6 Å². The van der Waals surface area contributed by atoms with E-state index >= 15 is 0 Å². The lowest BCUT2D eigenvalue weighted by Crippen LogP contribution is -2.44. The van der Waals surface area contributed by atoms with Gasteiger partial charge in [-0.05, 0) is 23.6 Å². The molecule has 1 fully saturated rings. The van der Waals surface area contributed by atoms with Crippen LogP contribution in [0.5, 0.6) is 0 Å². The topological polar surface area (TPSA) is 63.6 Å². The first-order valence-corrected chi connectivity index (χ1v) is 10.9. The Labute approximate surface area is 165 Å². The Morgan fingerprint density at radius 1 is 1.04 bits per heavy atom. The van der Waals surface area contributed by atoms with Gasteiger partial charge in [-0.2, -0.15) is 0 Å². The van der Waals surface area contributed by atoms with E-state index in [4.69, 9.17) is 4.74 Å². The molecular formula is C21H25N3O3S. The van der Waals surface area contributed by atoms with Gasteiger partial charge in [0.1, 0.15) is 0 Å². The van der Waals surface area contributed by atoms with Crippen LogP contribution in [-0.4, -0.2) is 50.7 Å². The van der Waals surface area contributed by atoms with Crippen LogP contribution >= 0.6 is 0 Å². The van der Waals surface area contributed by atoms with Crippen LogP contribution in [0.3, 0.4) is 0 Å². The number of aromatic nitrogens is 1. The zero-order valence-corrected chi connectivity index (χ0v) is 16.7. The lowest BCUT2D eigenvalue weighted by atomic mass is 10.1. The van der Waals surface area contributed by atoms with Gasteiger partial charge in [0.25, 0.3) is 0 Å². The number of aryl methyl sites for hydroxylation is 1. The molecule has 1 aliphatic rings. The highest BCUT2D eigenvalue weighted by molar-refractivity contribution is 7.89. The molecule has 1 aliphatic heterocycles. The molecular weight excluding hydrogens is 374 g/mol. The summed E-state index contributed by atoms with van der Waals surface area (Å²) in [5.41, 5.74) is 1.09. The number of nitrogens with zero attached hydrogens (tertiary/aromatic N) is 2. The number of sulfonamides is 1. The maximum Gasteiger partial charge on any atom is 0.241 e. The van der Waals surface area contributed by atoms with E-state index in [9.17, 15) is 8.42 Å². The van der Waals surface area contributed by atoms with Gasteiger partial charge in [-0.15, -0.1) is 0 Å². The molecule has 2 aromatic carbocycles. The molecule has 148 valence electrons. The van der Waals surface area contributed by atoms with Gasteiger partial charge < -0.3 is 9.30 Å². The summed E-state index contributed by atoms with van der Waals surface area (Å²) >= 11 is 0. The quantitative estimate of drug-likeness (QED) is 0.692. The summed E-state index contributed by atoms with van der Waals surface area (Å²) in [6.45, 7) is 3.20. The van der Waals surface area contributed by atoms with E-state index in [2.05, 4.69) is 9.62 Å². The second kappa shape index (κ2) is 8.05. The molecule has 2 heterocycles. The first-order valence-electron chi connectivity index (χ1n) is 9.47. The van der Waals surface area contributed by atoms with Crippen molar-refractivity contribution in [3.05, 3.63) is 66.5 Å². The standard InChI is InChI=1S/C21H25N3O3S/c1-23-11-5-9-19(23)20(24-12-14-27-15-13-24)16-22-28(25,26)21-10-4-7-17-6-2-3-8-18(17)21/h2-11,20,22H,12-16H2,1H3/t20-/m0/s1. The van der Waals surface area contributed by atoms with Crippen LogP contribution in [0.1, 0.15) is 11.7 Å². The van der Waals surface area contributed by atoms with Crippen LogP contribution in [0, 0.1) is 0 Å². The minimum Gasteiger partial charge on any atom is -0.379 e. The Kier molecular flexibility index (Phi) is 5.50. The van der Waals surface area contributed by atoms with Crippen LogP contribution in [0.2, 0.25) is 0 Å². The van der Waals surface area contributed by atoms with Gasteiger partial charge in [-0.25, -0.2) is 13.1 Å². The minimum atomic E-state index is -3.64. The third-order valence-corrected chi connectivity index (χ3v) is 6.80. The first-order chi connectivity index (χ1) is 13.6. The molecule has 1 aromatic heterocycles. The molecule has 3 aromatic rings. The van der Waals surface area contributed by atoms with Crippen molar-refractivity contribution >= 4 is 20.8 Å². The number of hydrogen-bond acceptors (Lipinski definition) is 4. The molecule has 0 unspecified atom stereocenters. The van der Waals surface area contributed by atoms with E-state index in [1.807, 2.05) is 60.3 Å². The largest absolute Gasteiger partial charge is 0.379 e. The average Bonchev–Trinajstić information content (AvgIpc) is 3.14. The molecule has 0 spiro atoms. The number of benzene rings is 2. The SMILES string of the molecule is Cn1cccc1[C@H](CNS(=O)(=O)c1cccc2ccccc12)N1CCOCC1. The fraction of sp³-hybridized carbons (Fsp3) is 0.333. The van der Waals surface area contributed by atoms with Crippen LogP contribution < -0.4 is 4.72 Å². The van der Waals surface area contributed by atoms with Crippen molar-refractivity contribution < 1.29 is 13.2 Å². The number of morpholine rings is 1. The van der Waals surface area contributed by atoms with Crippen molar-refractivity contribution in [2.75, 3.05) is 32.8 Å². The Morgan fingerprint density at radius 3 is 2.54 bits per heavy atom. The van der Waals surface area contributed by atoms with Gasteiger partial charge in [0.05, 0.1) is 24.2 Å². The Bertz CT molecular complexity index is 1050. The van der Waals surface area contributed by atoms with Crippen LogP contribution in [0.25, 0.3) is 10.8 Å². The molecule has 0 aliphatic carbocycles. The smallest absolute Gasteiger partial charge is 0.241 e. The van der Waals surface area contributed by atoms with Crippen LogP contribution in [-0.2, 0) is 21.8 Å². The van der Waals surface area contributed by atoms with Crippen LogP contribution in [0.4, 0.5) is 0 Å². The van der Waals surface area contributed by atoms with Crippen molar-refractivity contribution in [2.24, 2.45) is 7.05 Å². The maximum atomic E-state index is 13.1. The second-order valence-electron chi connectivity index (χ2n) is 7.04. The van der Waals surface area contributed by atoms with E-state index < -0.39 is 10.0 Å². The molecule has 4 rings (SSSR count). The summed E-state index contributed by atoms with van der Waals surface area (Å²) in [5.74, 6) is 0. The Morgan fingerprint density at radius 2 is 1.79 bits per heavy atom. The molecule has 28 heavy (non-hydrogen) atoms. The summed E-state index contributed by atoms with van der Waals surface area (Å²) < 4.78 is 36.6. The lowest BCUT2D eigenvalue weighted by molar-refractivity contribution is 0.0158. The summed E-state index contributed by atoms with van der Waals surface area (Å²) in [4.78, 5) is 2.60. The summed E-state index contributed by atoms with van der Waals surface area (Å²) in [6.07, 6.45) is 1.99. The molecule has 0 amide bonds. The summed E-state index contributed by atoms with van der Waals surface area (Å²) in [5, 5.41) is 1.65. The number of nitrogens with one attached hydrogen (secondary N) is 1. The highest BCUT2D eigenvalue weighted by Gasteiger charge is 2.27. The predicted molar refractivity (Wildman–Crippen MR) is 110 cm³/mol. The van der Waals surface area contributed by atoms with Crippen molar-refractivity contribution in [3.8, 4) is 0 Å². The third kappa shape index (κ3) is 3.84. The molecule has 0 bridgehead atoms. The van der Waals surface area contributed by atoms with E-state index in [1.54, 1.807) is 12.1 Å². The number of rotatable bonds is 6. The van der Waals surface area contributed by atoms with Crippen molar-refractivity contribution in [1.82, 2.24) is 14.2 Å². The third-order valence-electron chi connectivity index (χ3n) is 5.32. The molecule has 1 N–H and O–H groups in total. The molecule has 0 radical (unpaired) electrons. The van der Waals surface area contributed by atoms with Gasteiger partial charge in [-0.3, -0.25) is 4.90 Å². The number of hydrogen-bond donors (Lipinski definition) is 1. The predicted octanol–water partition coefficient (Wildman–Crippen LogP) is 2.53. The van der Waals surface area contributed by atoms with Gasteiger partial charge in [0, 0.05) is 44.0 Å². The van der Waals surface area contributed by atoms with Crippen molar-refractivity contribution in [1.29, 1.82) is 0 Å². The van der Waals surface area contributed by atoms with E-state index in [0.29, 0.717) is 24.7 Å². The first kappa shape index (κ1) is 19.1. The van der Waals surface area contributed by atoms with Crippen molar-refractivity contribution in [3.63, 3.8) is 0 Å². The molecule has 1 saturated heterocycles. The van der Waals surface area contributed by atoms with Gasteiger partial charge in [0.15, 0.2) is 0 Å². The summed E-state index contributed by atoms with van der Waals surface area (Å²) in [6, 6.07) is 16.9. The minimum absolute atomic E-state index is 0.0475. The van der Waals surface area contributed by atoms with Gasteiger partial charge >= 0.3 is 0 Å². The number of ether oxygens (including phenoxy) is 1. The Hall–Kier alpha value is -2.19. The zero-order valence-electron chi connectivity index (χ0n) is 15.9. The molecule has 0 saturated carbocycles. The second-order valence-corrected chi connectivity index (χ2v) is 8.77. The molecule has 7 heteroatoms. The fourth-order valence-electron chi connectivity index (χ4n) is 3.83. The van der Waals surface area contributed by atoms with Crippen LogP contribution in [0.15, 0.2) is 65.7 Å². The van der Waals surface area contributed by atoms with E-state index in [1.165, 1.54) is 0 Å². The lowest BCUT2D eigenvalue weighted by Gasteiger charge is -2.35. The normalized spacial score (nSPS) is 17.0. The fourth-order valence-corrected chi connectivity index (χ4v) is 5.09. The van der Waals surface area contributed by atoms with Gasteiger partial charge in [-0.1, -0.05) is 36.4 Å². The van der Waals surface area contributed by atoms with Gasteiger partial charge in [0.2, 0.25) is 10.0 Å². The monoisotopic (exact) mass is 399 g/mol. The summed E-state index contributed by atoms with van der Waals surface area (Å²) in [7, 11) is -1.65. The molecule has 6 nitrogen and oxygen atoms in total.